The largest absolute Gasteiger partial charge is 0.484 e. The van der Waals surface area contributed by atoms with Gasteiger partial charge in [-0.2, -0.15) is 0 Å². The third-order valence-electron chi connectivity index (χ3n) is 3.88. The Labute approximate surface area is 156 Å². The van der Waals surface area contributed by atoms with E-state index in [2.05, 4.69) is 41.5 Å². The smallest absolute Gasteiger partial charge is 0.264 e. The molecule has 0 unspecified atom stereocenters. The SMILES string of the molecule is CC(C)CSc1nnc(NC(=O)COc2ccc3c(c2)CCCC3)s1. The van der Waals surface area contributed by atoms with Gasteiger partial charge in [0, 0.05) is 5.75 Å². The number of hydrogen-bond donors (Lipinski definition) is 1. The van der Waals surface area contributed by atoms with Crippen LogP contribution >= 0.6 is 23.1 Å². The first-order valence-corrected chi connectivity index (χ1v) is 10.4. The van der Waals surface area contributed by atoms with E-state index in [0.29, 0.717) is 11.0 Å². The molecule has 0 atom stereocenters. The van der Waals surface area contributed by atoms with Crippen LogP contribution in [0.4, 0.5) is 5.13 Å². The molecule has 3 rings (SSSR count). The lowest BCUT2D eigenvalue weighted by Gasteiger charge is -2.16. The molecule has 1 N–H and O–H groups in total. The molecule has 134 valence electrons. The molecule has 7 heteroatoms. The van der Waals surface area contributed by atoms with Gasteiger partial charge >= 0.3 is 0 Å². The molecule has 5 nitrogen and oxygen atoms in total. The number of nitrogens with zero attached hydrogens (tertiary/aromatic N) is 2. The van der Waals surface area contributed by atoms with E-state index in [1.807, 2.05) is 6.07 Å². The zero-order chi connectivity index (χ0) is 17.6. The number of amides is 1. The van der Waals surface area contributed by atoms with Gasteiger partial charge in [0.15, 0.2) is 10.9 Å². The number of ether oxygens (including phenoxy) is 1. The van der Waals surface area contributed by atoms with Gasteiger partial charge in [0.1, 0.15) is 5.75 Å². The van der Waals surface area contributed by atoms with Gasteiger partial charge in [0.2, 0.25) is 5.13 Å². The number of anilines is 1. The minimum atomic E-state index is -0.214. The van der Waals surface area contributed by atoms with Gasteiger partial charge in [-0.15, -0.1) is 10.2 Å². The lowest BCUT2D eigenvalue weighted by Crippen LogP contribution is -2.20. The summed E-state index contributed by atoms with van der Waals surface area (Å²) < 4.78 is 6.51. The molecule has 0 fully saturated rings. The second-order valence-corrected chi connectivity index (χ2v) is 8.80. The lowest BCUT2D eigenvalue weighted by atomic mass is 9.92. The number of thioether (sulfide) groups is 1. The highest BCUT2D eigenvalue weighted by Crippen LogP contribution is 2.27. The molecule has 1 aliphatic rings. The zero-order valence-electron chi connectivity index (χ0n) is 14.6. The summed E-state index contributed by atoms with van der Waals surface area (Å²) in [5.74, 6) is 2.12. The van der Waals surface area contributed by atoms with Crippen LogP contribution in [0.1, 0.15) is 37.8 Å². The van der Waals surface area contributed by atoms with E-state index in [9.17, 15) is 4.79 Å². The minimum absolute atomic E-state index is 0.0210. The molecule has 0 saturated carbocycles. The van der Waals surface area contributed by atoms with Crippen LogP contribution in [0.3, 0.4) is 0 Å². The van der Waals surface area contributed by atoms with Crippen LogP contribution in [0.15, 0.2) is 22.5 Å². The highest BCUT2D eigenvalue weighted by atomic mass is 32.2. The van der Waals surface area contributed by atoms with Gasteiger partial charge in [0.05, 0.1) is 0 Å². The third kappa shape index (κ3) is 5.44. The maximum Gasteiger partial charge on any atom is 0.264 e. The number of aromatic nitrogens is 2. The Morgan fingerprint density at radius 2 is 2.08 bits per heavy atom. The summed E-state index contributed by atoms with van der Waals surface area (Å²) in [7, 11) is 0. The Morgan fingerprint density at radius 1 is 1.28 bits per heavy atom. The van der Waals surface area contributed by atoms with Crippen LogP contribution in [0.5, 0.6) is 5.75 Å². The number of hydrogen-bond acceptors (Lipinski definition) is 6. The highest BCUT2D eigenvalue weighted by Gasteiger charge is 2.12. The fourth-order valence-electron chi connectivity index (χ4n) is 2.66. The monoisotopic (exact) mass is 377 g/mol. The van der Waals surface area contributed by atoms with Crippen molar-refractivity contribution in [3.63, 3.8) is 0 Å². The molecule has 0 spiro atoms. The van der Waals surface area contributed by atoms with E-state index < -0.39 is 0 Å². The maximum absolute atomic E-state index is 12.0. The standard InChI is InChI=1S/C18H23N3O2S2/c1-12(2)11-24-18-21-20-17(25-18)19-16(22)10-23-15-8-7-13-5-3-4-6-14(13)9-15/h7-9,12H,3-6,10-11H2,1-2H3,(H,19,20,22). The molecular formula is C18H23N3O2S2. The van der Waals surface area contributed by atoms with E-state index >= 15 is 0 Å². The van der Waals surface area contributed by atoms with Crippen LogP contribution < -0.4 is 10.1 Å². The number of fused-ring (bicyclic) bond motifs is 1. The Balaban J connectivity index is 1.48. The van der Waals surface area contributed by atoms with Crippen molar-refractivity contribution in [3.8, 4) is 5.75 Å². The first-order chi connectivity index (χ1) is 12.1. The predicted molar refractivity (Wildman–Crippen MR) is 103 cm³/mol. The van der Waals surface area contributed by atoms with Crippen LogP contribution in [-0.2, 0) is 17.6 Å². The first kappa shape index (κ1) is 18.2. The molecule has 25 heavy (non-hydrogen) atoms. The van der Waals surface area contributed by atoms with Crippen molar-refractivity contribution in [2.24, 2.45) is 5.92 Å². The quantitative estimate of drug-likeness (QED) is 0.579. The van der Waals surface area contributed by atoms with Crippen LogP contribution in [0, 0.1) is 5.92 Å². The average molecular weight is 378 g/mol. The van der Waals surface area contributed by atoms with Crippen molar-refractivity contribution in [3.05, 3.63) is 29.3 Å². The molecule has 0 bridgehead atoms. The molecule has 2 aromatic rings. The van der Waals surface area contributed by atoms with Gasteiger partial charge in [-0.25, -0.2) is 0 Å². The second-order valence-electron chi connectivity index (χ2n) is 6.55. The number of carbonyl (C=O) groups is 1. The Hall–Kier alpha value is -1.60. The molecule has 1 amide bonds. The molecule has 0 aliphatic heterocycles. The fraction of sp³-hybridized carbons (Fsp3) is 0.500. The van der Waals surface area contributed by atoms with E-state index in [1.165, 1.54) is 35.3 Å². The Bertz CT molecular complexity index is 731. The number of benzene rings is 1. The van der Waals surface area contributed by atoms with Crippen molar-refractivity contribution in [1.29, 1.82) is 0 Å². The topological polar surface area (TPSA) is 64.1 Å². The molecule has 1 heterocycles. The summed E-state index contributed by atoms with van der Waals surface area (Å²) in [6.07, 6.45) is 4.73. The zero-order valence-corrected chi connectivity index (χ0v) is 16.2. The second kappa shape index (κ2) is 8.67. The molecule has 1 aromatic carbocycles. The van der Waals surface area contributed by atoms with E-state index in [4.69, 9.17) is 4.74 Å². The molecule has 1 aromatic heterocycles. The maximum atomic E-state index is 12.0. The normalized spacial score (nSPS) is 13.6. The minimum Gasteiger partial charge on any atom is -0.484 e. The van der Waals surface area contributed by atoms with Gasteiger partial charge in [-0.3, -0.25) is 10.1 Å². The molecule has 1 aliphatic carbocycles. The van der Waals surface area contributed by atoms with Gasteiger partial charge in [0.25, 0.3) is 5.91 Å². The molecular weight excluding hydrogens is 354 g/mol. The molecule has 0 radical (unpaired) electrons. The van der Waals surface area contributed by atoms with Crippen molar-refractivity contribution >= 4 is 34.1 Å². The molecule has 0 saturated heterocycles. The first-order valence-electron chi connectivity index (χ1n) is 8.61. The number of aryl methyl sites for hydroxylation is 2. The van der Waals surface area contributed by atoms with Gasteiger partial charge < -0.3 is 4.74 Å². The summed E-state index contributed by atoms with van der Waals surface area (Å²) >= 11 is 3.06. The highest BCUT2D eigenvalue weighted by molar-refractivity contribution is 8.01. The predicted octanol–water partition coefficient (Wildman–Crippen LogP) is 4.18. The summed E-state index contributed by atoms with van der Waals surface area (Å²) in [6, 6.07) is 6.13. The fourth-order valence-corrected chi connectivity index (χ4v) is 4.41. The number of rotatable bonds is 7. The van der Waals surface area contributed by atoms with Crippen molar-refractivity contribution in [2.45, 2.75) is 43.9 Å². The summed E-state index contributed by atoms with van der Waals surface area (Å²) in [5, 5.41) is 11.4. The van der Waals surface area contributed by atoms with Crippen molar-refractivity contribution in [2.75, 3.05) is 17.7 Å². The number of carbonyl (C=O) groups excluding carboxylic acids is 1. The van der Waals surface area contributed by atoms with Gasteiger partial charge in [-0.1, -0.05) is 43.0 Å². The number of nitrogens with one attached hydrogen (secondary N) is 1. The van der Waals surface area contributed by atoms with Crippen LogP contribution in [-0.4, -0.2) is 28.5 Å². The summed E-state index contributed by atoms with van der Waals surface area (Å²) in [6.45, 7) is 4.30. The van der Waals surface area contributed by atoms with Crippen LogP contribution in [0.25, 0.3) is 0 Å². The Morgan fingerprint density at radius 3 is 2.88 bits per heavy atom. The summed E-state index contributed by atoms with van der Waals surface area (Å²) in [4.78, 5) is 12.0. The summed E-state index contributed by atoms with van der Waals surface area (Å²) in [5.41, 5.74) is 2.75. The third-order valence-corrected chi connectivity index (χ3v) is 6.28. The lowest BCUT2D eigenvalue weighted by molar-refractivity contribution is -0.118. The average Bonchev–Trinajstić information content (AvgIpc) is 3.05. The Kier molecular flexibility index (Phi) is 6.31. The van der Waals surface area contributed by atoms with Crippen molar-refractivity contribution < 1.29 is 9.53 Å². The van der Waals surface area contributed by atoms with Gasteiger partial charge in [-0.05, 0) is 54.9 Å². The van der Waals surface area contributed by atoms with Crippen molar-refractivity contribution in [1.82, 2.24) is 10.2 Å². The van der Waals surface area contributed by atoms with E-state index in [0.717, 1.165) is 28.7 Å². The van der Waals surface area contributed by atoms with E-state index in [1.54, 1.807) is 11.8 Å². The van der Waals surface area contributed by atoms with Crippen LogP contribution in [0.2, 0.25) is 0 Å². The van der Waals surface area contributed by atoms with E-state index in [-0.39, 0.29) is 12.5 Å².